The molecule has 0 aromatic heterocycles. The van der Waals surface area contributed by atoms with Crippen LogP contribution in [0.25, 0.3) is 0 Å². The van der Waals surface area contributed by atoms with Crippen LogP contribution in [0.15, 0.2) is 24.3 Å². The summed E-state index contributed by atoms with van der Waals surface area (Å²) < 4.78 is 12.2. The molecule has 2 aliphatic heterocycles. The summed E-state index contributed by atoms with van der Waals surface area (Å²) in [6.07, 6.45) is 4.93. The average molecular weight is 276 g/mol. The Kier molecular flexibility index (Phi) is 3.57. The van der Waals surface area contributed by atoms with Crippen molar-refractivity contribution in [3.8, 4) is 0 Å². The van der Waals surface area contributed by atoms with Gasteiger partial charge in [-0.15, -0.1) is 0 Å². The lowest BCUT2D eigenvalue weighted by Gasteiger charge is -2.37. The number of Topliss-reactive ketones (excluding diaryl/α,β-unsaturated/α-hetero) is 1. The fraction of sp³-hybridized carbons (Fsp3) is 0.562. The van der Waals surface area contributed by atoms with Crippen molar-refractivity contribution in [3.05, 3.63) is 35.4 Å². The summed E-state index contributed by atoms with van der Waals surface area (Å²) in [6, 6.07) is 7.83. The van der Waals surface area contributed by atoms with Crippen LogP contribution in [0.2, 0.25) is 0 Å². The Bertz CT molecular complexity index is 507. The van der Waals surface area contributed by atoms with Crippen molar-refractivity contribution in [1.29, 1.82) is 0 Å². The zero-order valence-electron chi connectivity index (χ0n) is 11.3. The molecule has 0 spiro atoms. The van der Waals surface area contributed by atoms with E-state index >= 15 is 0 Å². The van der Waals surface area contributed by atoms with E-state index in [1.54, 1.807) is 0 Å². The molecule has 0 N–H and O–H groups in total. The molecule has 1 aromatic carbocycles. The molecule has 0 radical (unpaired) electrons. The molecule has 2 nitrogen and oxygen atoms in total. The minimum atomic E-state index is -0.687. The number of aryl methyl sites for hydroxylation is 1. The predicted molar refractivity (Wildman–Crippen MR) is 77.8 cm³/mol. The van der Waals surface area contributed by atoms with Crippen LogP contribution in [0.4, 0.5) is 0 Å². The summed E-state index contributed by atoms with van der Waals surface area (Å²) in [6.45, 7) is 2.00. The van der Waals surface area contributed by atoms with Gasteiger partial charge in [-0.3, -0.25) is 9.00 Å². The number of carbonyl (C=O) groups is 1. The standard InChI is InChI=1S/C16H20O2S/c1-11-5-2-3-8-15(11)16(17)12-9-13-6-4-7-14(10-12)19(13)18/h2-3,5,8,12-14H,4,6-7,9-10H2,1H3. The Morgan fingerprint density at radius 3 is 2.42 bits per heavy atom. The molecule has 2 aliphatic rings. The van der Waals surface area contributed by atoms with Gasteiger partial charge in [0.1, 0.15) is 0 Å². The fourth-order valence-electron chi connectivity index (χ4n) is 3.52. The lowest BCUT2D eigenvalue weighted by Crippen LogP contribution is -2.41. The van der Waals surface area contributed by atoms with E-state index in [-0.39, 0.29) is 22.2 Å². The van der Waals surface area contributed by atoms with Crippen LogP contribution in [0.1, 0.15) is 48.0 Å². The van der Waals surface area contributed by atoms with Gasteiger partial charge in [0.15, 0.2) is 5.78 Å². The number of benzene rings is 1. The number of hydrogen-bond acceptors (Lipinski definition) is 2. The average Bonchev–Trinajstić information content (AvgIpc) is 2.38. The molecule has 1 aromatic rings. The maximum Gasteiger partial charge on any atom is 0.166 e. The molecule has 0 aliphatic carbocycles. The van der Waals surface area contributed by atoms with Gasteiger partial charge in [-0.25, -0.2) is 0 Å². The molecule has 0 amide bonds. The molecule has 2 bridgehead atoms. The Labute approximate surface area is 117 Å². The highest BCUT2D eigenvalue weighted by Crippen LogP contribution is 2.38. The highest BCUT2D eigenvalue weighted by Gasteiger charge is 2.40. The Hall–Kier alpha value is -0.960. The van der Waals surface area contributed by atoms with Crippen LogP contribution < -0.4 is 0 Å². The van der Waals surface area contributed by atoms with Gasteiger partial charge in [0.2, 0.25) is 0 Å². The summed E-state index contributed by atoms with van der Waals surface area (Å²) in [7, 11) is -0.687. The highest BCUT2D eigenvalue weighted by molar-refractivity contribution is 7.86. The van der Waals surface area contributed by atoms with E-state index in [4.69, 9.17) is 0 Å². The zero-order valence-corrected chi connectivity index (χ0v) is 12.1. The molecule has 2 unspecified atom stereocenters. The minimum Gasteiger partial charge on any atom is -0.294 e. The molecule has 2 heterocycles. The second kappa shape index (κ2) is 5.20. The number of carbonyl (C=O) groups excluding carboxylic acids is 1. The van der Waals surface area contributed by atoms with E-state index < -0.39 is 10.8 Å². The van der Waals surface area contributed by atoms with Gasteiger partial charge in [0.25, 0.3) is 0 Å². The first-order valence-corrected chi connectivity index (χ1v) is 8.43. The fourth-order valence-corrected chi connectivity index (χ4v) is 5.70. The van der Waals surface area contributed by atoms with Crippen LogP contribution in [-0.2, 0) is 10.8 Å². The van der Waals surface area contributed by atoms with E-state index in [1.807, 2.05) is 31.2 Å². The van der Waals surface area contributed by atoms with E-state index in [2.05, 4.69) is 0 Å². The summed E-state index contributed by atoms with van der Waals surface area (Å²) >= 11 is 0. The van der Waals surface area contributed by atoms with Crippen molar-refractivity contribution >= 4 is 16.6 Å². The van der Waals surface area contributed by atoms with Crippen LogP contribution >= 0.6 is 0 Å². The molecular weight excluding hydrogens is 256 g/mol. The van der Waals surface area contributed by atoms with Crippen molar-refractivity contribution < 1.29 is 9.00 Å². The Morgan fingerprint density at radius 2 is 1.79 bits per heavy atom. The van der Waals surface area contributed by atoms with Crippen LogP contribution in [-0.4, -0.2) is 20.5 Å². The zero-order chi connectivity index (χ0) is 13.4. The van der Waals surface area contributed by atoms with Crippen LogP contribution in [0.5, 0.6) is 0 Å². The number of rotatable bonds is 2. The van der Waals surface area contributed by atoms with Crippen LogP contribution in [0.3, 0.4) is 0 Å². The van der Waals surface area contributed by atoms with Crippen molar-refractivity contribution in [3.63, 3.8) is 0 Å². The third-order valence-electron chi connectivity index (χ3n) is 4.59. The van der Waals surface area contributed by atoms with Gasteiger partial charge in [0.05, 0.1) is 0 Å². The molecule has 3 heteroatoms. The summed E-state index contributed by atoms with van der Waals surface area (Å²) in [5.41, 5.74) is 1.92. The van der Waals surface area contributed by atoms with Crippen molar-refractivity contribution in [1.82, 2.24) is 0 Å². The van der Waals surface area contributed by atoms with Gasteiger partial charge in [-0.05, 0) is 38.2 Å². The molecular formula is C16H20O2S. The lowest BCUT2D eigenvalue weighted by molar-refractivity contribution is 0.0894. The topological polar surface area (TPSA) is 34.1 Å². The highest BCUT2D eigenvalue weighted by atomic mass is 32.2. The predicted octanol–water partition coefficient (Wildman–Crippen LogP) is 3.26. The Morgan fingerprint density at radius 1 is 1.16 bits per heavy atom. The molecule has 2 fully saturated rings. The summed E-state index contributed by atoms with van der Waals surface area (Å²) in [4.78, 5) is 12.7. The van der Waals surface area contributed by atoms with E-state index in [9.17, 15) is 9.00 Å². The third kappa shape index (κ3) is 2.40. The second-order valence-corrected chi connectivity index (χ2v) is 7.84. The molecule has 19 heavy (non-hydrogen) atoms. The summed E-state index contributed by atoms with van der Waals surface area (Å²) in [5, 5.41) is 0.538. The van der Waals surface area contributed by atoms with E-state index in [0.717, 1.165) is 36.8 Å². The maximum absolute atomic E-state index is 12.7. The van der Waals surface area contributed by atoms with Gasteiger partial charge in [-0.2, -0.15) is 0 Å². The largest absolute Gasteiger partial charge is 0.294 e. The monoisotopic (exact) mass is 276 g/mol. The first kappa shape index (κ1) is 13.0. The van der Waals surface area contributed by atoms with Gasteiger partial charge in [-0.1, -0.05) is 30.7 Å². The van der Waals surface area contributed by atoms with E-state index in [1.165, 1.54) is 6.42 Å². The van der Waals surface area contributed by atoms with Gasteiger partial charge >= 0.3 is 0 Å². The molecule has 3 rings (SSSR count). The molecule has 0 saturated carbocycles. The maximum atomic E-state index is 12.7. The van der Waals surface area contributed by atoms with Crippen molar-refractivity contribution in [2.24, 2.45) is 5.92 Å². The minimum absolute atomic E-state index is 0.0918. The first-order chi connectivity index (χ1) is 9.16. The van der Waals surface area contributed by atoms with Crippen LogP contribution in [0, 0.1) is 12.8 Å². The first-order valence-electron chi connectivity index (χ1n) is 7.16. The third-order valence-corrected chi connectivity index (χ3v) is 6.76. The van der Waals surface area contributed by atoms with Gasteiger partial charge in [0, 0.05) is 32.8 Å². The molecule has 2 atom stereocenters. The molecule has 102 valence electrons. The number of ketones is 1. The molecule has 2 saturated heterocycles. The van der Waals surface area contributed by atoms with Gasteiger partial charge < -0.3 is 0 Å². The smallest absolute Gasteiger partial charge is 0.166 e. The summed E-state index contributed by atoms with van der Waals surface area (Å²) in [5.74, 6) is 0.362. The number of hydrogen-bond donors (Lipinski definition) is 0. The number of fused-ring (bicyclic) bond motifs is 2. The lowest BCUT2D eigenvalue weighted by atomic mass is 9.83. The van der Waals surface area contributed by atoms with E-state index in [0.29, 0.717) is 0 Å². The second-order valence-electron chi connectivity index (χ2n) is 5.85. The van der Waals surface area contributed by atoms with Crippen molar-refractivity contribution in [2.75, 3.05) is 0 Å². The SMILES string of the molecule is Cc1ccccc1C(=O)C1CC2CCCC(C1)S2=O. The van der Waals surface area contributed by atoms with Crippen molar-refractivity contribution in [2.45, 2.75) is 49.5 Å². The quantitative estimate of drug-likeness (QED) is 0.777. The Balaban J connectivity index is 1.82. The normalized spacial score (nSPS) is 33.9.